The van der Waals surface area contributed by atoms with Crippen molar-refractivity contribution >= 4 is 38.8 Å². The minimum absolute atomic E-state index is 0.0183. The summed E-state index contributed by atoms with van der Waals surface area (Å²) in [4.78, 5) is 13.4. The molecule has 26 heavy (non-hydrogen) atoms. The fourth-order valence-electron chi connectivity index (χ4n) is 2.62. The van der Waals surface area contributed by atoms with Crippen LogP contribution in [0.2, 0.25) is 5.02 Å². The van der Waals surface area contributed by atoms with E-state index in [0.717, 1.165) is 0 Å². The second-order valence-corrected chi connectivity index (χ2v) is 7.72. The lowest BCUT2D eigenvalue weighted by Crippen LogP contribution is -2.26. The number of rotatable bonds is 4. The van der Waals surface area contributed by atoms with Gasteiger partial charge in [0.25, 0.3) is 0 Å². The van der Waals surface area contributed by atoms with Gasteiger partial charge in [0.05, 0.1) is 24.3 Å². The highest BCUT2D eigenvalue weighted by molar-refractivity contribution is 7.96. The molecule has 0 amide bonds. The van der Waals surface area contributed by atoms with Gasteiger partial charge in [-0.2, -0.15) is 0 Å². The SMILES string of the molecule is CCOC(=O)C1=CN(c2cccc(OC)c2)c2cc(Cl)ccc2S1(=O)=O. The third-order valence-electron chi connectivity index (χ3n) is 3.81. The summed E-state index contributed by atoms with van der Waals surface area (Å²) in [5.41, 5.74) is 0.961. The molecule has 1 aliphatic heterocycles. The molecule has 3 rings (SSSR count). The Bertz CT molecular complexity index is 1000. The first-order chi connectivity index (χ1) is 12.4. The Kier molecular flexibility index (Phi) is 4.93. The van der Waals surface area contributed by atoms with Gasteiger partial charge < -0.3 is 14.4 Å². The lowest BCUT2D eigenvalue weighted by atomic mass is 10.2. The molecule has 0 radical (unpaired) electrons. The number of carbonyl (C=O) groups excluding carboxylic acids is 1. The lowest BCUT2D eigenvalue weighted by Gasteiger charge is -2.29. The Balaban J connectivity index is 2.25. The summed E-state index contributed by atoms with van der Waals surface area (Å²) in [5.74, 6) is -0.313. The van der Waals surface area contributed by atoms with Gasteiger partial charge in [-0.15, -0.1) is 0 Å². The minimum atomic E-state index is -4.02. The molecule has 8 heteroatoms. The van der Waals surface area contributed by atoms with Crippen LogP contribution in [0.5, 0.6) is 5.75 Å². The summed E-state index contributed by atoms with van der Waals surface area (Å²) < 4.78 is 35.9. The predicted octanol–water partition coefficient (Wildman–Crippen LogP) is 3.68. The average Bonchev–Trinajstić information content (AvgIpc) is 2.61. The van der Waals surface area contributed by atoms with Gasteiger partial charge in [-0.05, 0) is 37.3 Å². The number of hydrogen-bond acceptors (Lipinski definition) is 6. The van der Waals surface area contributed by atoms with Crippen LogP contribution < -0.4 is 9.64 Å². The number of halogens is 1. The van der Waals surface area contributed by atoms with Crippen molar-refractivity contribution in [3.63, 3.8) is 0 Å². The van der Waals surface area contributed by atoms with Crippen molar-refractivity contribution in [1.82, 2.24) is 0 Å². The molecular weight excluding hydrogens is 378 g/mol. The normalized spacial score (nSPS) is 15.0. The number of fused-ring (bicyclic) bond motifs is 1. The molecule has 2 aromatic carbocycles. The molecule has 2 aromatic rings. The first-order valence-corrected chi connectivity index (χ1v) is 9.61. The second kappa shape index (κ2) is 7.01. The Morgan fingerprint density at radius 3 is 2.65 bits per heavy atom. The monoisotopic (exact) mass is 393 g/mol. The Hall–Kier alpha value is -2.51. The number of hydrogen-bond donors (Lipinski definition) is 0. The minimum Gasteiger partial charge on any atom is -0.497 e. The number of carbonyl (C=O) groups is 1. The topological polar surface area (TPSA) is 72.9 Å². The zero-order valence-electron chi connectivity index (χ0n) is 14.1. The summed E-state index contributed by atoms with van der Waals surface area (Å²) in [7, 11) is -2.49. The maximum atomic E-state index is 12.9. The van der Waals surface area contributed by atoms with Crippen LogP contribution in [0.15, 0.2) is 58.5 Å². The van der Waals surface area contributed by atoms with Crippen LogP contribution in [0.1, 0.15) is 6.92 Å². The Morgan fingerprint density at radius 1 is 1.19 bits per heavy atom. The Labute approximate surface area is 156 Å². The molecule has 136 valence electrons. The summed E-state index contributed by atoms with van der Waals surface area (Å²) >= 11 is 6.07. The molecule has 6 nitrogen and oxygen atoms in total. The smallest absolute Gasteiger partial charge is 0.351 e. The molecule has 1 heterocycles. The van der Waals surface area contributed by atoms with E-state index in [1.807, 2.05) is 0 Å². The van der Waals surface area contributed by atoms with Crippen molar-refractivity contribution in [3.8, 4) is 5.75 Å². The average molecular weight is 394 g/mol. The van der Waals surface area contributed by atoms with Crippen LogP contribution in [0.4, 0.5) is 11.4 Å². The standard InChI is InChI=1S/C18H16ClNO5S/c1-3-25-18(21)17-11-20(13-5-4-6-14(10-13)24-2)15-9-12(19)7-8-16(15)26(17,22)23/h4-11H,3H2,1-2H3. The molecule has 0 unspecified atom stereocenters. The highest BCUT2D eigenvalue weighted by Gasteiger charge is 2.36. The third kappa shape index (κ3) is 3.15. The number of anilines is 2. The quantitative estimate of drug-likeness (QED) is 0.738. The number of sulfone groups is 1. The van der Waals surface area contributed by atoms with Gasteiger partial charge >= 0.3 is 5.97 Å². The highest BCUT2D eigenvalue weighted by Crippen LogP contribution is 2.41. The molecule has 0 aromatic heterocycles. The van der Waals surface area contributed by atoms with E-state index in [4.69, 9.17) is 21.1 Å². The van der Waals surface area contributed by atoms with Crippen LogP contribution in [-0.2, 0) is 19.4 Å². The molecule has 0 fully saturated rings. The molecule has 0 saturated heterocycles. The Morgan fingerprint density at radius 2 is 1.96 bits per heavy atom. The summed E-state index contributed by atoms with van der Waals surface area (Å²) in [5, 5.41) is 0.375. The predicted molar refractivity (Wildman–Crippen MR) is 98.5 cm³/mol. The van der Waals surface area contributed by atoms with Gasteiger partial charge in [0.2, 0.25) is 9.84 Å². The maximum Gasteiger partial charge on any atom is 0.351 e. The number of benzene rings is 2. The number of methoxy groups -OCH3 is 1. The van der Waals surface area contributed by atoms with Crippen molar-refractivity contribution in [1.29, 1.82) is 0 Å². The van der Waals surface area contributed by atoms with Crippen molar-refractivity contribution in [2.75, 3.05) is 18.6 Å². The van der Waals surface area contributed by atoms with Gasteiger partial charge in [-0.3, -0.25) is 0 Å². The number of ether oxygens (including phenoxy) is 2. The van der Waals surface area contributed by atoms with Gasteiger partial charge in [-0.25, -0.2) is 13.2 Å². The molecular formula is C18H16ClNO5S. The zero-order valence-corrected chi connectivity index (χ0v) is 15.7. The fraction of sp³-hybridized carbons (Fsp3) is 0.167. The van der Waals surface area contributed by atoms with Gasteiger partial charge in [0, 0.05) is 23.0 Å². The number of esters is 1. The summed E-state index contributed by atoms with van der Waals surface area (Å²) in [6.07, 6.45) is 1.25. The van der Waals surface area contributed by atoms with E-state index in [2.05, 4.69) is 0 Å². The van der Waals surface area contributed by atoms with E-state index in [9.17, 15) is 13.2 Å². The molecule has 1 aliphatic rings. The summed E-state index contributed by atoms with van der Waals surface area (Å²) in [6, 6.07) is 11.4. The molecule has 0 bridgehead atoms. The van der Waals surface area contributed by atoms with Crippen molar-refractivity contribution < 1.29 is 22.7 Å². The molecule has 0 spiro atoms. The molecule has 0 saturated carbocycles. The van der Waals surface area contributed by atoms with Crippen LogP contribution >= 0.6 is 11.6 Å². The van der Waals surface area contributed by atoms with Crippen molar-refractivity contribution in [2.24, 2.45) is 0 Å². The first kappa shape index (κ1) is 18.3. The van der Waals surface area contributed by atoms with Crippen molar-refractivity contribution in [3.05, 3.63) is 58.6 Å². The first-order valence-electron chi connectivity index (χ1n) is 7.75. The maximum absolute atomic E-state index is 12.9. The highest BCUT2D eigenvalue weighted by atomic mass is 35.5. The zero-order chi connectivity index (χ0) is 18.9. The van der Waals surface area contributed by atoms with Crippen molar-refractivity contribution in [2.45, 2.75) is 11.8 Å². The van der Waals surface area contributed by atoms with Crippen LogP contribution in [0, 0.1) is 0 Å². The van der Waals surface area contributed by atoms with E-state index in [0.29, 0.717) is 22.1 Å². The van der Waals surface area contributed by atoms with Crippen LogP contribution in [-0.4, -0.2) is 28.1 Å². The van der Waals surface area contributed by atoms with E-state index < -0.39 is 20.7 Å². The lowest BCUT2D eigenvalue weighted by molar-refractivity contribution is -0.137. The van der Waals surface area contributed by atoms with E-state index in [-0.39, 0.29) is 11.5 Å². The second-order valence-electron chi connectivity index (χ2n) is 5.40. The van der Waals surface area contributed by atoms with Gasteiger partial charge in [-0.1, -0.05) is 17.7 Å². The molecule has 0 N–H and O–H groups in total. The summed E-state index contributed by atoms with van der Waals surface area (Å²) in [6.45, 7) is 1.68. The number of nitrogens with zero attached hydrogens (tertiary/aromatic N) is 1. The fourth-order valence-corrected chi connectivity index (χ4v) is 4.22. The van der Waals surface area contributed by atoms with Gasteiger partial charge in [0.1, 0.15) is 5.75 Å². The van der Waals surface area contributed by atoms with E-state index in [1.54, 1.807) is 36.1 Å². The van der Waals surface area contributed by atoms with Crippen LogP contribution in [0.25, 0.3) is 0 Å². The molecule has 0 atom stereocenters. The largest absolute Gasteiger partial charge is 0.497 e. The van der Waals surface area contributed by atoms with E-state index in [1.165, 1.54) is 31.5 Å². The van der Waals surface area contributed by atoms with Crippen LogP contribution in [0.3, 0.4) is 0 Å². The third-order valence-corrected chi connectivity index (χ3v) is 5.82. The molecule has 0 aliphatic carbocycles. The van der Waals surface area contributed by atoms with Gasteiger partial charge in [0.15, 0.2) is 4.91 Å². The van der Waals surface area contributed by atoms with E-state index >= 15 is 0 Å².